The van der Waals surface area contributed by atoms with Crippen LogP contribution in [0, 0.1) is 0 Å². The number of rotatable bonds is 4. The van der Waals surface area contributed by atoms with Gasteiger partial charge in [0.05, 0.1) is 11.3 Å². The van der Waals surface area contributed by atoms with E-state index in [1.807, 2.05) is 7.05 Å². The lowest BCUT2D eigenvalue weighted by atomic mass is 10.1. The molecule has 7 nitrogen and oxygen atoms in total. The minimum atomic E-state index is -3.75. The summed E-state index contributed by atoms with van der Waals surface area (Å²) in [5.74, 6) is -1.15. The van der Waals surface area contributed by atoms with E-state index in [1.165, 1.54) is 12.1 Å². The molecule has 1 heterocycles. The topological polar surface area (TPSA) is 113 Å². The number of likely N-dealkylation sites (tertiary alicyclic amines) is 1. The summed E-state index contributed by atoms with van der Waals surface area (Å²) in [5, 5.41) is 8.87. The van der Waals surface area contributed by atoms with E-state index in [0.717, 1.165) is 25.5 Å². The summed E-state index contributed by atoms with van der Waals surface area (Å²) in [6.45, 7) is 1.60. The van der Waals surface area contributed by atoms with Crippen molar-refractivity contribution >= 4 is 21.7 Å². The number of carboxylic acids is 1. The number of nitrogens with zero attached hydrogens (tertiary/aromatic N) is 1. The SMILES string of the molecule is CN1CCCC(NS(=O)(=O)c2ccc(C(=O)O)cc2N)C1. The molecule has 0 amide bonds. The largest absolute Gasteiger partial charge is 0.478 e. The molecule has 1 fully saturated rings. The number of hydrogen-bond acceptors (Lipinski definition) is 5. The Morgan fingerprint density at radius 1 is 1.48 bits per heavy atom. The fourth-order valence-electron chi connectivity index (χ4n) is 2.47. The third kappa shape index (κ3) is 3.72. The molecule has 1 atom stereocenters. The van der Waals surface area contributed by atoms with Crippen molar-refractivity contribution < 1.29 is 18.3 Å². The van der Waals surface area contributed by atoms with Crippen molar-refractivity contribution in [2.45, 2.75) is 23.8 Å². The molecule has 0 aromatic heterocycles. The number of nitrogens with two attached hydrogens (primary N) is 1. The molecule has 0 saturated carbocycles. The maximum atomic E-state index is 12.4. The number of carbonyl (C=O) groups is 1. The van der Waals surface area contributed by atoms with Crippen LogP contribution in [0.15, 0.2) is 23.1 Å². The molecule has 1 aliphatic heterocycles. The van der Waals surface area contributed by atoms with Gasteiger partial charge in [0.25, 0.3) is 0 Å². The lowest BCUT2D eigenvalue weighted by Crippen LogP contribution is -2.46. The van der Waals surface area contributed by atoms with Gasteiger partial charge in [-0.3, -0.25) is 0 Å². The van der Waals surface area contributed by atoms with Crippen LogP contribution in [0.3, 0.4) is 0 Å². The van der Waals surface area contributed by atoms with E-state index in [9.17, 15) is 13.2 Å². The lowest BCUT2D eigenvalue weighted by Gasteiger charge is -2.30. The van der Waals surface area contributed by atoms with Crippen molar-refractivity contribution in [2.75, 3.05) is 25.9 Å². The number of hydrogen-bond donors (Lipinski definition) is 3. The number of piperidine rings is 1. The average molecular weight is 313 g/mol. The maximum absolute atomic E-state index is 12.4. The molecule has 0 spiro atoms. The van der Waals surface area contributed by atoms with Gasteiger partial charge in [0.1, 0.15) is 4.90 Å². The normalized spacial score (nSPS) is 20.3. The van der Waals surface area contributed by atoms with Crippen LogP contribution in [0.4, 0.5) is 5.69 Å². The van der Waals surface area contributed by atoms with Crippen LogP contribution in [0.25, 0.3) is 0 Å². The molecule has 1 unspecified atom stereocenters. The van der Waals surface area contributed by atoms with Crippen molar-refractivity contribution in [3.63, 3.8) is 0 Å². The molecule has 0 aliphatic carbocycles. The van der Waals surface area contributed by atoms with E-state index in [4.69, 9.17) is 10.8 Å². The molecule has 2 rings (SSSR count). The van der Waals surface area contributed by atoms with E-state index in [2.05, 4.69) is 9.62 Å². The van der Waals surface area contributed by atoms with Crippen LogP contribution >= 0.6 is 0 Å². The minimum Gasteiger partial charge on any atom is -0.478 e. The van der Waals surface area contributed by atoms with Crippen LogP contribution in [0.1, 0.15) is 23.2 Å². The van der Waals surface area contributed by atoms with E-state index in [1.54, 1.807) is 0 Å². The Morgan fingerprint density at radius 3 is 2.76 bits per heavy atom. The first-order valence-corrected chi connectivity index (χ1v) is 8.11. The number of nitrogen functional groups attached to an aromatic ring is 1. The van der Waals surface area contributed by atoms with Gasteiger partial charge in [0.2, 0.25) is 10.0 Å². The molecule has 1 aromatic rings. The van der Waals surface area contributed by atoms with Gasteiger partial charge < -0.3 is 15.7 Å². The first-order chi connectivity index (χ1) is 9.79. The average Bonchev–Trinajstić information content (AvgIpc) is 2.37. The van der Waals surface area contributed by atoms with Gasteiger partial charge in [-0.1, -0.05) is 0 Å². The first kappa shape index (κ1) is 15.7. The highest BCUT2D eigenvalue weighted by molar-refractivity contribution is 7.89. The highest BCUT2D eigenvalue weighted by Gasteiger charge is 2.25. The zero-order valence-corrected chi connectivity index (χ0v) is 12.6. The Kier molecular flexibility index (Phi) is 4.50. The number of anilines is 1. The van der Waals surface area contributed by atoms with Crippen LogP contribution in [-0.4, -0.2) is 50.6 Å². The smallest absolute Gasteiger partial charge is 0.335 e. The van der Waals surface area contributed by atoms with Crippen LogP contribution < -0.4 is 10.5 Å². The van der Waals surface area contributed by atoms with Gasteiger partial charge in [-0.05, 0) is 44.6 Å². The Bertz CT molecular complexity index is 645. The van der Waals surface area contributed by atoms with Crippen molar-refractivity contribution in [2.24, 2.45) is 0 Å². The molecule has 0 bridgehead atoms. The molecule has 116 valence electrons. The quantitative estimate of drug-likeness (QED) is 0.691. The van der Waals surface area contributed by atoms with Crippen molar-refractivity contribution in [3.05, 3.63) is 23.8 Å². The van der Waals surface area contributed by atoms with Gasteiger partial charge in [-0.25, -0.2) is 17.9 Å². The second-order valence-electron chi connectivity index (χ2n) is 5.28. The third-order valence-corrected chi connectivity index (χ3v) is 5.09. The predicted octanol–water partition coefficient (Wildman–Crippen LogP) is 0.340. The van der Waals surface area contributed by atoms with E-state index < -0.39 is 16.0 Å². The van der Waals surface area contributed by atoms with Crippen LogP contribution in [0.2, 0.25) is 0 Å². The Morgan fingerprint density at radius 2 is 2.19 bits per heavy atom. The summed E-state index contributed by atoms with van der Waals surface area (Å²) in [4.78, 5) is 12.8. The van der Waals surface area contributed by atoms with Gasteiger partial charge in [-0.15, -0.1) is 0 Å². The van der Waals surface area contributed by atoms with Crippen LogP contribution in [0.5, 0.6) is 0 Å². The zero-order chi connectivity index (χ0) is 15.6. The second kappa shape index (κ2) is 6.00. The van der Waals surface area contributed by atoms with E-state index in [0.29, 0.717) is 6.54 Å². The maximum Gasteiger partial charge on any atom is 0.335 e. The van der Waals surface area contributed by atoms with Crippen molar-refractivity contribution in [1.29, 1.82) is 0 Å². The Balaban J connectivity index is 2.21. The molecule has 0 radical (unpaired) electrons. The summed E-state index contributed by atoms with van der Waals surface area (Å²) in [7, 11) is -1.81. The van der Waals surface area contributed by atoms with Crippen LogP contribution in [-0.2, 0) is 10.0 Å². The number of sulfonamides is 1. The number of benzene rings is 1. The molecular formula is C13H19N3O4S. The lowest BCUT2D eigenvalue weighted by molar-refractivity contribution is 0.0697. The van der Waals surface area contributed by atoms with Crippen molar-refractivity contribution in [1.82, 2.24) is 9.62 Å². The molecular weight excluding hydrogens is 294 g/mol. The second-order valence-corrected chi connectivity index (χ2v) is 6.96. The number of nitrogens with one attached hydrogen (secondary N) is 1. The summed E-state index contributed by atoms with van der Waals surface area (Å²) in [5.41, 5.74) is 5.58. The minimum absolute atomic E-state index is 0.0381. The molecule has 1 aromatic carbocycles. The molecule has 4 N–H and O–H groups in total. The highest BCUT2D eigenvalue weighted by Crippen LogP contribution is 2.21. The van der Waals surface area contributed by atoms with Gasteiger partial charge in [0.15, 0.2) is 0 Å². The van der Waals surface area contributed by atoms with E-state index in [-0.39, 0.29) is 22.2 Å². The number of aromatic carboxylic acids is 1. The molecule has 1 saturated heterocycles. The van der Waals surface area contributed by atoms with Gasteiger partial charge in [0, 0.05) is 12.6 Å². The molecule has 21 heavy (non-hydrogen) atoms. The summed E-state index contributed by atoms with van der Waals surface area (Å²) in [6, 6.07) is 3.46. The number of carboxylic acid groups (broad SMARTS) is 1. The monoisotopic (exact) mass is 313 g/mol. The predicted molar refractivity (Wildman–Crippen MR) is 78.7 cm³/mol. The van der Waals surface area contributed by atoms with E-state index >= 15 is 0 Å². The fourth-order valence-corrected chi connectivity index (χ4v) is 3.85. The number of likely N-dealkylation sites (N-methyl/N-ethyl adjacent to an activating group) is 1. The van der Waals surface area contributed by atoms with Crippen molar-refractivity contribution in [3.8, 4) is 0 Å². The molecule has 8 heteroatoms. The first-order valence-electron chi connectivity index (χ1n) is 6.63. The summed E-state index contributed by atoms with van der Waals surface area (Å²) < 4.78 is 27.3. The standard InChI is InChI=1S/C13H19N3O4S/c1-16-6-2-3-10(8-16)15-21(19,20)12-5-4-9(13(17)18)7-11(12)14/h4-5,7,10,15H,2-3,6,8,14H2,1H3,(H,17,18). The Hall–Kier alpha value is -1.64. The van der Waals surface area contributed by atoms with Gasteiger partial charge >= 0.3 is 5.97 Å². The summed E-state index contributed by atoms with van der Waals surface area (Å²) in [6.07, 6.45) is 1.70. The fraction of sp³-hybridized carbons (Fsp3) is 0.462. The zero-order valence-electron chi connectivity index (χ0n) is 11.7. The Labute approximate surface area is 123 Å². The highest BCUT2D eigenvalue weighted by atomic mass is 32.2. The van der Waals surface area contributed by atoms with Gasteiger partial charge in [-0.2, -0.15) is 0 Å². The summed E-state index contributed by atoms with van der Waals surface area (Å²) >= 11 is 0. The third-order valence-electron chi connectivity index (χ3n) is 3.49. The molecule has 1 aliphatic rings.